The van der Waals surface area contributed by atoms with E-state index in [1.54, 1.807) is 0 Å². The summed E-state index contributed by atoms with van der Waals surface area (Å²) < 4.78 is 0. The lowest BCUT2D eigenvalue weighted by molar-refractivity contribution is 0.0635. The Morgan fingerprint density at radius 2 is 2.05 bits per heavy atom. The Balaban J connectivity index is 1.94. The maximum atomic E-state index is 4.39. The molecular formula is C16H22N4. The van der Waals surface area contributed by atoms with E-state index in [0.717, 1.165) is 36.0 Å². The predicted molar refractivity (Wildman–Crippen MR) is 79.6 cm³/mol. The van der Waals surface area contributed by atoms with E-state index in [4.69, 9.17) is 0 Å². The van der Waals surface area contributed by atoms with Crippen LogP contribution in [0.4, 0.5) is 0 Å². The van der Waals surface area contributed by atoms with Gasteiger partial charge >= 0.3 is 0 Å². The third kappa shape index (κ3) is 1.51. The Morgan fingerprint density at radius 3 is 2.80 bits per heavy atom. The van der Waals surface area contributed by atoms with Gasteiger partial charge < -0.3 is 5.32 Å². The Bertz CT molecular complexity index is 596. The molecule has 106 valence electrons. The van der Waals surface area contributed by atoms with Gasteiger partial charge in [-0.05, 0) is 55.8 Å². The number of nitrogens with zero attached hydrogens (tertiary/aromatic N) is 2. The first kappa shape index (κ1) is 12.3. The average Bonchev–Trinajstić information content (AvgIpc) is 2.94. The van der Waals surface area contributed by atoms with E-state index in [1.807, 2.05) is 0 Å². The van der Waals surface area contributed by atoms with Crippen LogP contribution in [-0.4, -0.2) is 28.5 Å². The van der Waals surface area contributed by atoms with E-state index in [-0.39, 0.29) is 0 Å². The molecule has 2 bridgehead atoms. The summed E-state index contributed by atoms with van der Waals surface area (Å²) in [4.78, 5) is 0. The van der Waals surface area contributed by atoms with Crippen LogP contribution >= 0.6 is 0 Å². The molecule has 4 rings (SSSR count). The minimum Gasteiger partial charge on any atom is -0.316 e. The van der Waals surface area contributed by atoms with Gasteiger partial charge in [-0.1, -0.05) is 30.7 Å². The van der Waals surface area contributed by atoms with Gasteiger partial charge in [0.15, 0.2) is 0 Å². The molecule has 2 heterocycles. The predicted octanol–water partition coefficient (Wildman–Crippen LogP) is 2.63. The quantitative estimate of drug-likeness (QED) is 0.882. The number of nitrogens with one attached hydrogen (secondary N) is 2. The van der Waals surface area contributed by atoms with Crippen LogP contribution in [0.2, 0.25) is 0 Å². The number of aromatic amines is 1. The van der Waals surface area contributed by atoms with E-state index in [1.165, 1.54) is 31.2 Å². The van der Waals surface area contributed by atoms with Crippen molar-refractivity contribution in [2.75, 3.05) is 13.1 Å². The van der Waals surface area contributed by atoms with Crippen molar-refractivity contribution >= 4 is 11.0 Å². The Labute approximate surface area is 119 Å². The molecule has 1 saturated heterocycles. The fourth-order valence-electron chi connectivity index (χ4n) is 4.91. The van der Waals surface area contributed by atoms with Crippen LogP contribution in [0, 0.1) is 11.8 Å². The van der Waals surface area contributed by atoms with Crippen molar-refractivity contribution in [3.63, 3.8) is 0 Å². The minimum absolute atomic E-state index is 0.292. The summed E-state index contributed by atoms with van der Waals surface area (Å²) in [6.07, 6.45) is 5.26. The molecule has 20 heavy (non-hydrogen) atoms. The molecule has 4 heteroatoms. The molecule has 0 spiro atoms. The van der Waals surface area contributed by atoms with E-state index in [2.05, 4.69) is 45.9 Å². The lowest BCUT2D eigenvalue weighted by Crippen LogP contribution is -2.56. The van der Waals surface area contributed by atoms with Crippen LogP contribution in [0.3, 0.4) is 0 Å². The lowest BCUT2D eigenvalue weighted by atomic mass is 9.54. The molecule has 2 aliphatic rings. The maximum Gasteiger partial charge on any atom is 0.116 e. The van der Waals surface area contributed by atoms with Gasteiger partial charge in [0.05, 0.1) is 5.52 Å². The number of H-pyrrole nitrogens is 1. The number of hydrogen-bond acceptors (Lipinski definition) is 3. The van der Waals surface area contributed by atoms with Crippen LogP contribution < -0.4 is 5.32 Å². The van der Waals surface area contributed by atoms with E-state index in [9.17, 15) is 0 Å². The van der Waals surface area contributed by atoms with E-state index in [0.29, 0.717) is 5.41 Å². The Kier molecular flexibility index (Phi) is 2.81. The van der Waals surface area contributed by atoms with Gasteiger partial charge in [0, 0.05) is 5.41 Å². The zero-order chi connectivity index (χ0) is 13.6. The van der Waals surface area contributed by atoms with Crippen molar-refractivity contribution in [1.29, 1.82) is 0 Å². The number of rotatable bonds is 2. The van der Waals surface area contributed by atoms with Crippen molar-refractivity contribution in [2.45, 2.75) is 38.0 Å². The van der Waals surface area contributed by atoms with Gasteiger partial charge in [-0.25, -0.2) is 0 Å². The molecule has 1 aliphatic carbocycles. The highest BCUT2D eigenvalue weighted by molar-refractivity contribution is 5.78. The molecule has 0 radical (unpaired) electrons. The van der Waals surface area contributed by atoms with Gasteiger partial charge in [-0.3, -0.25) is 5.10 Å². The van der Waals surface area contributed by atoms with Crippen LogP contribution in [0.25, 0.3) is 11.0 Å². The maximum absolute atomic E-state index is 4.39. The van der Waals surface area contributed by atoms with Crippen molar-refractivity contribution in [3.05, 3.63) is 23.8 Å². The summed E-state index contributed by atoms with van der Waals surface area (Å²) in [5, 5.41) is 15.1. The van der Waals surface area contributed by atoms with Crippen LogP contribution in [0.1, 0.15) is 38.2 Å². The molecular weight excluding hydrogens is 248 g/mol. The van der Waals surface area contributed by atoms with Gasteiger partial charge in [-0.15, -0.1) is 5.10 Å². The minimum atomic E-state index is 0.292. The van der Waals surface area contributed by atoms with Crippen molar-refractivity contribution in [3.8, 4) is 0 Å². The number of benzene rings is 1. The second-order valence-electron chi connectivity index (χ2n) is 6.39. The third-order valence-corrected chi connectivity index (χ3v) is 5.79. The first-order valence-electron chi connectivity index (χ1n) is 7.87. The molecule has 1 saturated carbocycles. The molecule has 1 aliphatic heterocycles. The number of aromatic nitrogens is 3. The second kappa shape index (κ2) is 4.55. The molecule has 4 nitrogen and oxygen atoms in total. The monoisotopic (exact) mass is 270 g/mol. The SMILES string of the molecule is CCC1(c2cccc3[nH]nnc23)C2CCCC1CNC2. The number of piperidine rings is 1. The average molecular weight is 270 g/mol. The molecule has 0 amide bonds. The summed E-state index contributed by atoms with van der Waals surface area (Å²) in [6, 6.07) is 6.54. The highest BCUT2D eigenvalue weighted by Gasteiger charge is 2.50. The summed E-state index contributed by atoms with van der Waals surface area (Å²) in [7, 11) is 0. The molecule has 2 atom stereocenters. The standard InChI is InChI=1S/C16H22N4/c1-2-16(11-5-3-6-12(16)10-17-9-11)13-7-4-8-14-15(13)19-20-18-14/h4,7-8,11-12,17H,2-3,5-6,9-10H2,1H3,(H,18,19,20). The summed E-state index contributed by atoms with van der Waals surface area (Å²) in [6.45, 7) is 4.66. The van der Waals surface area contributed by atoms with Crippen molar-refractivity contribution in [2.24, 2.45) is 11.8 Å². The topological polar surface area (TPSA) is 53.6 Å². The zero-order valence-electron chi connectivity index (χ0n) is 12.0. The molecule has 1 aromatic carbocycles. The highest BCUT2D eigenvalue weighted by Crippen LogP contribution is 2.52. The van der Waals surface area contributed by atoms with Gasteiger partial charge in [0.1, 0.15) is 5.52 Å². The fraction of sp³-hybridized carbons (Fsp3) is 0.625. The first-order chi connectivity index (χ1) is 9.86. The molecule has 2 unspecified atom stereocenters. The normalized spacial score (nSPS) is 33.5. The fourth-order valence-corrected chi connectivity index (χ4v) is 4.91. The Hall–Kier alpha value is -1.42. The summed E-state index contributed by atoms with van der Waals surface area (Å²) >= 11 is 0. The number of hydrogen-bond donors (Lipinski definition) is 2. The molecule has 2 aromatic rings. The first-order valence-corrected chi connectivity index (χ1v) is 7.87. The summed E-state index contributed by atoms with van der Waals surface area (Å²) in [5.41, 5.74) is 3.89. The van der Waals surface area contributed by atoms with Crippen molar-refractivity contribution < 1.29 is 0 Å². The number of fused-ring (bicyclic) bond motifs is 3. The van der Waals surface area contributed by atoms with Gasteiger partial charge in [0.2, 0.25) is 0 Å². The van der Waals surface area contributed by atoms with Crippen molar-refractivity contribution in [1.82, 2.24) is 20.7 Å². The van der Waals surface area contributed by atoms with Crippen LogP contribution in [-0.2, 0) is 5.41 Å². The van der Waals surface area contributed by atoms with E-state index < -0.39 is 0 Å². The van der Waals surface area contributed by atoms with E-state index >= 15 is 0 Å². The van der Waals surface area contributed by atoms with Gasteiger partial charge in [0.25, 0.3) is 0 Å². The second-order valence-corrected chi connectivity index (χ2v) is 6.39. The highest BCUT2D eigenvalue weighted by atomic mass is 15.3. The van der Waals surface area contributed by atoms with Crippen LogP contribution in [0.5, 0.6) is 0 Å². The van der Waals surface area contributed by atoms with Crippen LogP contribution in [0.15, 0.2) is 18.2 Å². The smallest absolute Gasteiger partial charge is 0.116 e. The lowest BCUT2D eigenvalue weighted by Gasteiger charge is -2.53. The third-order valence-electron chi connectivity index (χ3n) is 5.79. The molecule has 1 aromatic heterocycles. The Morgan fingerprint density at radius 1 is 1.25 bits per heavy atom. The largest absolute Gasteiger partial charge is 0.316 e. The zero-order valence-corrected chi connectivity index (χ0v) is 12.0. The van der Waals surface area contributed by atoms with Gasteiger partial charge in [-0.2, -0.15) is 0 Å². The summed E-state index contributed by atoms with van der Waals surface area (Å²) in [5.74, 6) is 1.48. The molecule has 2 N–H and O–H groups in total. The molecule has 2 fully saturated rings.